The van der Waals surface area contributed by atoms with Crippen molar-refractivity contribution >= 4 is 39.5 Å². The van der Waals surface area contributed by atoms with E-state index in [-0.39, 0.29) is 13.0 Å². The number of sulfonamides is 1. The average molecular weight is 448 g/mol. The number of benzene rings is 2. The van der Waals surface area contributed by atoms with E-state index in [1.807, 2.05) is 42.7 Å². The van der Waals surface area contributed by atoms with Gasteiger partial charge in [0.05, 0.1) is 25.7 Å². The van der Waals surface area contributed by atoms with Crippen molar-refractivity contribution < 1.29 is 22.7 Å². The third kappa shape index (κ3) is 5.17. The number of carbonyl (C=O) groups excluding carboxylic acids is 1. The summed E-state index contributed by atoms with van der Waals surface area (Å²) < 4.78 is 36.5. The molecule has 1 aliphatic rings. The fourth-order valence-corrected chi connectivity index (χ4v) is 4.50. The van der Waals surface area contributed by atoms with Crippen molar-refractivity contribution in [2.75, 3.05) is 42.8 Å². The van der Waals surface area contributed by atoms with Crippen molar-refractivity contribution in [1.29, 1.82) is 0 Å². The normalized spacial score (nSPS) is 13.8. The molecular formula is C22H25NO5S2. The van der Waals surface area contributed by atoms with E-state index in [9.17, 15) is 13.2 Å². The molecule has 2 aromatic carbocycles. The zero-order chi connectivity index (χ0) is 21.7. The van der Waals surface area contributed by atoms with Gasteiger partial charge in [0.15, 0.2) is 0 Å². The molecule has 1 aliphatic heterocycles. The van der Waals surface area contributed by atoms with Crippen molar-refractivity contribution in [1.82, 2.24) is 0 Å². The second kappa shape index (κ2) is 9.57. The molecule has 8 heteroatoms. The van der Waals surface area contributed by atoms with Gasteiger partial charge in [0.2, 0.25) is 10.0 Å². The molecule has 0 radical (unpaired) electrons. The number of hydrogen-bond donors (Lipinski definition) is 0. The molecule has 0 saturated carbocycles. The highest BCUT2D eigenvalue weighted by Crippen LogP contribution is 2.34. The smallest absolute Gasteiger partial charge is 0.333 e. The Hall–Kier alpha value is -2.45. The number of methoxy groups -OCH3 is 1. The lowest BCUT2D eigenvalue weighted by molar-refractivity contribution is -0.136. The van der Waals surface area contributed by atoms with Crippen LogP contribution in [0.5, 0.6) is 5.75 Å². The van der Waals surface area contributed by atoms with Crippen LogP contribution in [0.1, 0.15) is 12.0 Å². The van der Waals surface area contributed by atoms with Gasteiger partial charge in [-0.1, -0.05) is 18.2 Å². The van der Waals surface area contributed by atoms with Crippen molar-refractivity contribution in [3.05, 3.63) is 53.6 Å². The van der Waals surface area contributed by atoms with E-state index >= 15 is 0 Å². The number of thioether (sulfide) groups is 1. The maximum absolute atomic E-state index is 12.3. The summed E-state index contributed by atoms with van der Waals surface area (Å²) in [5.41, 5.74) is 3.55. The molecule has 3 rings (SSSR count). The van der Waals surface area contributed by atoms with E-state index in [0.717, 1.165) is 22.6 Å². The summed E-state index contributed by atoms with van der Waals surface area (Å²) >= 11 is 1.73. The Morgan fingerprint density at radius 2 is 1.83 bits per heavy atom. The lowest BCUT2D eigenvalue weighted by Gasteiger charge is -2.22. The molecular weight excluding hydrogens is 422 g/mol. The van der Waals surface area contributed by atoms with Crippen molar-refractivity contribution in [2.24, 2.45) is 0 Å². The number of nitrogens with zero attached hydrogens (tertiary/aromatic N) is 1. The minimum atomic E-state index is -3.48. The maximum Gasteiger partial charge on any atom is 0.333 e. The Morgan fingerprint density at radius 3 is 2.47 bits per heavy atom. The zero-order valence-electron chi connectivity index (χ0n) is 17.3. The van der Waals surface area contributed by atoms with E-state index in [0.29, 0.717) is 23.4 Å². The molecule has 30 heavy (non-hydrogen) atoms. The summed E-state index contributed by atoms with van der Waals surface area (Å²) in [7, 11) is -2.16. The summed E-state index contributed by atoms with van der Waals surface area (Å²) in [6.45, 7) is 0.843. The second-order valence-electron chi connectivity index (χ2n) is 6.89. The first-order valence-corrected chi connectivity index (χ1v) is 12.7. The molecule has 0 fully saturated rings. The van der Waals surface area contributed by atoms with Crippen LogP contribution in [0.15, 0.2) is 48.0 Å². The number of hydrogen-bond acceptors (Lipinski definition) is 6. The van der Waals surface area contributed by atoms with Gasteiger partial charge in [0.1, 0.15) is 5.75 Å². The largest absolute Gasteiger partial charge is 0.493 e. The first-order chi connectivity index (χ1) is 14.3. The number of rotatable bonds is 7. The molecule has 0 bridgehead atoms. The Kier molecular flexibility index (Phi) is 7.10. The third-order valence-corrected chi connectivity index (χ3v) is 6.56. The van der Waals surface area contributed by atoms with Crippen LogP contribution in [-0.4, -0.2) is 52.9 Å². The fourth-order valence-electron chi connectivity index (χ4n) is 3.30. The minimum absolute atomic E-state index is 0.189. The number of ether oxygens (including phenoxy) is 2. The molecule has 6 nitrogen and oxygen atoms in total. The standard InChI is InChI=1S/C22H25NO5S2/c1-27-22(24)18-10-11-23(30(3,25)26)21-9-6-17(14-19(21)15-18)16-4-7-20(8-5-16)28-12-13-29-2/h4-9,14-15H,10-13H2,1-3H3. The van der Waals surface area contributed by atoms with Crippen LogP contribution in [0.4, 0.5) is 5.69 Å². The Balaban J connectivity index is 1.98. The van der Waals surface area contributed by atoms with Gasteiger partial charge >= 0.3 is 5.97 Å². The summed E-state index contributed by atoms with van der Waals surface area (Å²) in [6.07, 6.45) is 5.21. The van der Waals surface area contributed by atoms with Crippen LogP contribution in [0.25, 0.3) is 17.2 Å². The van der Waals surface area contributed by atoms with Crippen LogP contribution in [0.3, 0.4) is 0 Å². The lowest BCUT2D eigenvalue weighted by atomic mass is 10.0. The molecule has 0 spiro atoms. The van der Waals surface area contributed by atoms with Crippen molar-refractivity contribution in [3.63, 3.8) is 0 Å². The van der Waals surface area contributed by atoms with Gasteiger partial charge in [-0.2, -0.15) is 11.8 Å². The summed E-state index contributed by atoms with van der Waals surface area (Å²) in [5, 5.41) is 0. The molecule has 1 heterocycles. The van der Waals surface area contributed by atoms with Crippen LogP contribution in [0.2, 0.25) is 0 Å². The first kappa shape index (κ1) is 22.2. The zero-order valence-corrected chi connectivity index (χ0v) is 18.9. The van der Waals surface area contributed by atoms with Gasteiger partial charge in [-0.05, 0) is 59.7 Å². The van der Waals surface area contributed by atoms with E-state index < -0.39 is 16.0 Å². The first-order valence-electron chi connectivity index (χ1n) is 9.46. The van der Waals surface area contributed by atoms with Gasteiger partial charge in [0, 0.05) is 17.9 Å². The van der Waals surface area contributed by atoms with Gasteiger partial charge in [-0.3, -0.25) is 4.31 Å². The van der Waals surface area contributed by atoms with Gasteiger partial charge < -0.3 is 9.47 Å². The average Bonchev–Trinajstić information content (AvgIpc) is 2.93. The Labute approximate surface area is 181 Å². The maximum atomic E-state index is 12.3. The highest BCUT2D eigenvalue weighted by molar-refractivity contribution is 7.98. The highest BCUT2D eigenvalue weighted by Gasteiger charge is 2.25. The molecule has 160 valence electrons. The fraction of sp³-hybridized carbons (Fsp3) is 0.318. The number of carbonyl (C=O) groups is 1. The Bertz CT molecular complexity index is 1050. The van der Waals surface area contributed by atoms with Crippen LogP contribution < -0.4 is 9.04 Å². The number of fused-ring (bicyclic) bond motifs is 1. The van der Waals surface area contributed by atoms with Crippen molar-refractivity contribution in [3.8, 4) is 16.9 Å². The van der Waals surface area contributed by atoms with E-state index in [1.165, 1.54) is 17.7 Å². The molecule has 0 saturated heterocycles. The van der Waals surface area contributed by atoms with Crippen LogP contribution in [0, 0.1) is 0 Å². The molecule has 0 aromatic heterocycles. The molecule has 0 unspecified atom stereocenters. The molecule has 0 aliphatic carbocycles. The second-order valence-corrected chi connectivity index (χ2v) is 9.78. The predicted molar refractivity (Wildman–Crippen MR) is 123 cm³/mol. The third-order valence-electron chi connectivity index (χ3n) is 4.80. The number of esters is 1. The topological polar surface area (TPSA) is 72.9 Å². The molecule has 0 N–H and O–H groups in total. The molecule has 0 atom stereocenters. The lowest BCUT2D eigenvalue weighted by Crippen LogP contribution is -2.31. The molecule has 0 amide bonds. The summed E-state index contributed by atoms with van der Waals surface area (Å²) in [6, 6.07) is 13.3. The van der Waals surface area contributed by atoms with Gasteiger partial charge in [-0.15, -0.1) is 0 Å². The van der Waals surface area contributed by atoms with E-state index in [4.69, 9.17) is 9.47 Å². The quantitative estimate of drug-likeness (QED) is 0.475. The minimum Gasteiger partial charge on any atom is -0.493 e. The summed E-state index contributed by atoms with van der Waals surface area (Å²) in [5.74, 6) is 1.28. The van der Waals surface area contributed by atoms with E-state index in [2.05, 4.69) is 0 Å². The van der Waals surface area contributed by atoms with E-state index in [1.54, 1.807) is 23.9 Å². The molecule has 2 aromatic rings. The Morgan fingerprint density at radius 1 is 1.13 bits per heavy atom. The van der Waals surface area contributed by atoms with Crippen LogP contribution >= 0.6 is 11.8 Å². The van der Waals surface area contributed by atoms with Gasteiger partial charge in [0.25, 0.3) is 0 Å². The van der Waals surface area contributed by atoms with Crippen LogP contribution in [-0.2, 0) is 19.6 Å². The monoisotopic (exact) mass is 447 g/mol. The summed E-state index contributed by atoms with van der Waals surface area (Å²) in [4.78, 5) is 12.1. The number of anilines is 1. The van der Waals surface area contributed by atoms with Crippen molar-refractivity contribution in [2.45, 2.75) is 6.42 Å². The SMILES string of the molecule is COC(=O)C1=Cc2cc(-c3ccc(OCCSC)cc3)ccc2N(S(C)(=O)=O)CC1. The van der Waals surface area contributed by atoms with Gasteiger partial charge in [-0.25, -0.2) is 13.2 Å². The highest BCUT2D eigenvalue weighted by atomic mass is 32.2. The predicted octanol–water partition coefficient (Wildman–Crippen LogP) is 3.82.